The van der Waals surface area contributed by atoms with Crippen LogP contribution in [-0.2, 0) is 13.2 Å². The molecule has 3 aromatic rings. The quantitative estimate of drug-likeness (QED) is 0.524. The second-order valence-corrected chi connectivity index (χ2v) is 7.48. The number of aromatic nitrogens is 3. The Kier molecular flexibility index (Phi) is 6.61. The number of benzene rings is 2. The lowest BCUT2D eigenvalue weighted by molar-refractivity contribution is 0.241. The zero-order chi connectivity index (χ0) is 20.3. The van der Waals surface area contributed by atoms with Gasteiger partial charge in [-0.15, -0.1) is 0 Å². The third-order valence-electron chi connectivity index (χ3n) is 4.16. The Balaban J connectivity index is 1.82. The molecule has 1 N–H and O–H groups in total. The first-order valence-electron chi connectivity index (χ1n) is 8.43. The van der Waals surface area contributed by atoms with Crippen molar-refractivity contribution in [2.24, 2.45) is 0 Å². The van der Waals surface area contributed by atoms with Crippen molar-refractivity contribution in [2.75, 3.05) is 21.3 Å². The molecule has 0 atom stereocenters. The number of hydrogen-bond donors (Lipinski definition) is 1. The minimum absolute atomic E-state index is 0.432. The molecule has 0 saturated heterocycles. The van der Waals surface area contributed by atoms with Crippen molar-refractivity contribution in [1.29, 1.82) is 0 Å². The highest BCUT2D eigenvalue weighted by atomic mass is 35.5. The van der Waals surface area contributed by atoms with Gasteiger partial charge in [-0.3, -0.25) is 10.00 Å². The van der Waals surface area contributed by atoms with Crippen molar-refractivity contribution in [3.05, 3.63) is 56.8 Å². The number of hydrogen-bond acceptors (Lipinski definition) is 5. The summed E-state index contributed by atoms with van der Waals surface area (Å²) in [7, 11) is 5.22. The number of halogens is 2. The molecule has 0 amide bonds. The standard InChI is InChI=1S/C19H20Cl2N4O2S/c1-24(10-12-8-13(20)4-6-16(12)26-2)11-25-19(28)22-18(23-25)15-9-14(21)5-7-17(15)27-3/h4-9H,10-11H2,1-3H3,(H,22,23,28). The number of H-pyrrole nitrogens is 1. The predicted molar refractivity (Wildman–Crippen MR) is 114 cm³/mol. The molecule has 28 heavy (non-hydrogen) atoms. The Morgan fingerprint density at radius 1 is 1.07 bits per heavy atom. The van der Waals surface area contributed by atoms with E-state index in [1.807, 2.05) is 19.2 Å². The predicted octanol–water partition coefficient (Wildman–Crippen LogP) is 5.02. The lowest BCUT2D eigenvalue weighted by atomic mass is 10.2. The van der Waals surface area contributed by atoms with Crippen molar-refractivity contribution in [3.63, 3.8) is 0 Å². The topological polar surface area (TPSA) is 55.3 Å². The van der Waals surface area contributed by atoms with Crippen LogP contribution in [0, 0.1) is 4.77 Å². The number of ether oxygens (including phenoxy) is 2. The zero-order valence-electron chi connectivity index (χ0n) is 15.7. The van der Waals surface area contributed by atoms with Gasteiger partial charge in [0, 0.05) is 22.2 Å². The maximum Gasteiger partial charge on any atom is 0.217 e. The molecular weight excluding hydrogens is 419 g/mol. The highest BCUT2D eigenvalue weighted by molar-refractivity contribution is 7.71. The molecule has 3 rings (SSSR count). The van der Waals surface area contributed by atoms with Gasteiger partial charge in [0.05, 0.1) is 26.5 Å². The van der Waals surface area contributed by atoms with Crippen LogP contribution in [0.1, 0.15) is 5.56 Å². The van der Waals surface area contributed by atoms with Crippen molar-refractivity contribution >= 4 is 35.4 Å². The number of nitrogens with one attached hydrogen (secondary N) is 1. The molecule has 0 aliphatic rings. The molecule has 1 aromatic heterocycles. The van der Waals surface area contributed by atoms with Crippen LogP contribution in [0.4, 0.5) is 0 Å². The Morgan fingerprint density at radius 3 is 2.39 bits per heavy atom. The molecule has 9 heteroatoms. The van der Waals surface area contributed by atoms with Gasteiger partial charge >= 0.3 is 0 Å². The Labute approximate surface area is 178 Å². The van der Waals surface area contributed by atoms with Crippen LogP contribution in [0.25, 0.3) is 11.4 Å². The second-order valence-electron chi connectivity index (χ2n) is 6.24. The SMILES string of the molecule is COc1ccc(Cl)cc1CN(C)Cn1[nH]c(-c2cc(Cl)ccc2OC)nc1=S. The summed E-state index contributed by atoms with van der Waals surface area (Å²) in [6.45, 7) is 1.13. The lowest BCUT2D eigenvalue weighted by Crippen LogP contribution is -2.22. The fourth-order valence-electron chi connectivity index (χ4n) is 2.89. The molecule has 0 fully saturated rings. The van der Waals surface area contributed by atoms with Gasteiger partial charge in [0.25, 0.3) is 0 Å². The number of nitrogens with zero attached hydrogens (tertiary/aromatic N) is 3. The van der Waals surface area contributed by atoms with E-state index >= 15 is 0 Å². The smallest absolute Gasteiger partial charge is 0.217 e. The summed E-state index contributed by atoms with van der Waals surface area (Å²) in [5.74, 6) is 2.05. The normalized spacial score (nSPS) is 11.1. The molecule has 0 spiro atoms. The van der Waals surface area contributed by atoms with E-state index in [4.69, 9.17) is 44.9 Å². The Morgan fingerprint density at radius 2 is 1.71 bits per heavy atom. The highest BCUT2D eigenvalue weighted by Crippen LogP contribution is 2.30. The first-order valence-corrected chi connectivity index (χ1v) is 9.59. The minimum Gasteiger partial charge on any atom is -0.496 e. The van der Waals surface area contributed by atoms with E-state index in [2.05, 4.69) is 15.0 Å². The summed E-state index contributed by atoms with van der Waals surface area (Å²) >= 11 is 17.7. The first-order chi connectivity index (χ1) is 13.4. The third kappa shape index (κ3) is 4.67. The van der Waals surface area contributed by atoms with Gasteiger partial charge in [-0.2, -0.15) is 4.98 Å². The average Bonchev–Trinajstić information content (AvgIpc) is 3.02. The van der Waals surface area contributed by atoms with Gasteiger partial charge in [-0.05, 0) is 55.7 Å². The van der Waals surface area contributed by atoms with Gasteiger partial charge in [-0.1, -0.05) is 23.2 Å². The summed E-state index contributed by atoms with van der Waals surface area (Å²) in [6, 6.07) is 10.9. The molecule has 1 heterocycles. The van der Waals surface area contributed by atoms with E-state index in [1.165, 1.54) is 0 Å². The summed E-state index contributed by atoms with van der Waals surface area (Å²) in [5.41, 5.74) is 1.74. The van der Waals surface area contributed by atoms with Crippen molar-refractivity contribution < 1.29 is 9.47 Å². The van der Waals surface area contributed by atoms with Gasteiger partial charge in [0.15, 0.2) is 5.82 Å². The lowest BCUT2D eigenvalue weighted by Gasteiger charge is -2.18. The van der Waals surface area contributed by atoms with Crippen LogP contribution in [0.3, 0.4) is 0 Å². The van der Waals surface area contributed by atoms with Crippen LogP contribution in [0.2, 0.25) is 10.0 Å². The fraction of sp³-hybridized carbons (Fsp3) is 0.263. The van der Waals surface area contributed by atoms with E-state index in [9.17, 15) is 0 Å². The molecule has 0 aliphatic carbocycles. The van der Waals surface area contributed by atoms with E-state index < -0.39 is 0 Å². The van der Waals surface area contributed by atoms with Crippen molar-refractivity contribution in [3.8, 4) is 22.9 Å². The largest absolute Gasteiger partial charge is 0.496 e. The van der Waals surface area contributed by atoms with Gasteiger partial charge < -0.3 is 9.47 Å². The van der Waals surface area contributed by atoms with E-state index in [0.717, 1.165) is 16.9 Å². The van der Waals surface area contributed by atoms with Crippen LogP contribution in [0.5, 0.6) is 11.5 Å². The number of methoxy groups -OCH3 is 2. The van der Waals surface area contributed by atoms with Crippen LogP contribution >= 0.6 is 35.4 Å². The maximum atomic E-state index is 6.13. The minimum atomic E-state index is 0.432. The molecular formula is C19H20Cl2N4O2S. The van der Waals surface area contributed by atoms with Crippen LogP contribution in [-0.4, -0.2) is 40.9 Å². The van der Waals surface area contributed by atoms with Crippen molar-refractivity contribution in [1.82, 2.24) is 19.7 Å². The van der Waals surface area contributed by atoms with Crippen LogP contribution < -0.4 is 9.47 Å². The summed E-state index contributed by atoms with van der Waals surface area (Å²) in [5, 5.41) is 4.48. The average molecular weight is 439 g/mol. The molecule has 2 aromatic carbocycles. The van der Waals surface area contributed by atoms with E-state index in [0.29, 0.717) is 39.6 Å². The molecule has 148 valence electrons. The highest BCUT2D eigenvalue weighted by Gasteiger charge is 2.13. The Bertz CT molecular complexity index is 1040. The maximum absolute atomic E-state index is 6.13. The third-order valence-corrected chi connectivity index (χ3v) is 4.94. The van der Waals surface area contributed by atoms with Gasteiger partial charge in [-0.25, -0.2) is 4.68 Å². The molecule has 0 saturated carbocycles. The summed E-state index contributed by atoms with van der Waals surface area (Å²) in [4.78, 5) is 6.52. The van der Waals surface area contributed by atoms with Gasteiger partial charge in [0.2, 0.25) is 4.77 Å². The van der Waals surface area contributed by atoms with Gasteiger partial charge in [0.1, 0.15) is 11.5 Å². The molecule has 6 nitrogen and oxygen atoms in total. The Hall–Kier alpha value is -2.06. The molecule has 0 aliphatic heterocycles. The van der Waals surface area contributed by atoms with Crippen LogP contribution in [0.15, 0.2) is 36.4 Å². The fourth-order valence-corrected chi connectivity index (χ4v) is 3.45. The van der Waals surface area contributed by atoms with E-state index in [-0.39, 0.29) is 0 Å². The molecule has 0 radical (unpaired) electrons. The second kappa shape index (κ2) is 8.96. The molecule has 0 unspecified atom stereocenters. The van der Waals surface area contributed by atoms with Crippen molar-refractivity contribution in [2.45, 2.75) is 13.2 Å². The number of aromatic amines is 1. The summed E-state index contributed by atoms with van der Waals surface area (Å²) in [6.07, 6.45) is 0. The monoisotopic (exact) mass is 438 g/mol. The van der Waals surface area contributed by atoms with E-state index in [1.54, 1.807) is 43.2 Å². The first kappa shape index (κ1) is 20.7. The summed E-state index contributed by atoms with van der Waals surface area (Å²) < 4.78 is 13.0. The zero-order valence-corrected chi connectivity index (χ0v) is 18.0. The number of rotatable bonds is 7. The molecule has 0 bridgehead atoms.